The van der Waals surface area contributed by atoms with Gasteiger partial charge >= 0.3 is 5.97 Å². The summed E-state index contributed by atoms with van der Waals surface area (Å²) in [5.41, 5.74) is -0.572. The number of carbonyl (C=O) groups is 3. The zero-order valence-electron chi connectivity index (χ0n) is 25.5. The van der Waals surface area contributed by atoms with Crippen LogP contribution in [0.3, 0.4) is 0 Å². The monoisotopic (exact) mass is 635 g/mol. The van der Waals surface area contributed by atoms with Crippen LogP contribution in [0.25, 0.3) is 0 Å². The van der Waals surface area contributed by atoms with Crippen molar-refractivity contribution in [1.82, 2.24) is 16.0 Å². The summed E-state index contributed by atoms with van der Waals surface area (Å²) in [5.74, 6) is -2.68. The minimum absolute atomic E-state index is 0.0260. The molecule has 0 bridgehead atoms. The first-order chi connectivity index (χ1) is 20.1. The molecule has 0 unspecified atom stereocenters. The average molecular weight is 637 g/mol. The molecular formula is C32H43Cl2N3O6. The number of carbonyl (C=O) groups excluding carboxylic acids is 3. The molecule has 0 aliphatic rings. The van der Waals surface area contributed by atoms with Crippen LogP contribution in [0.2, 0.25) is 10.0 Å². The molecule has 0 spiro atoms. The Morgan fingerprint density at radius 2 is 1.63 bits per heavy atom. The molecule has 11 heteroatoms. The van der Waals surface area contributed by atoms with Gasteiger partial charge in [-0.15, -0.1) is 6.58 Å². The lowest BCUT2D eigenvalue weighted by molar-refractivity contribution is -0.162. The molecule has 43 heavy (non-hydrogen) atoms. The van der Waals surface area contributed by atoms with Crippen LogP contribution in [-0.2, 0) is 25.5 Å². The Kier molecular flexibility index (Phi) is 13.5. The summed E-state index contributed by atoms with van der Waals surface area (Å²) in [6.07, 6.45) is 1.55. The molecule has 5 N–H and O–H groups in total. The number of amides is 2. The van der Waals surface area contributed by atoms with Crippen LogP contribution < -0.4 is 16.0 Å². The van der Waals surface area contributed by atoms with E-state index < -0.39 is 47.6 Å². The van der Waals surface area contributed by atoms with Crippen molar-refractivity contribution in [3.8, 4) is 5.75 Å². The zero-order valence-corrected chi connectivity index (χ0v) is 27.0. The number of hydrogen-bond acceptors (Lipinski definition) is 7. The number of halogens is 2. The Hall–Kier alpha value is -3.11. The minimum Gasteiger partial charge on any atom is -0.505 e. The first-order valence-electron chi connectivity index (χ1n) is 14.2. The van der Waals surface area contributed by atoms with Crippen molar-refractivity contribution in [3.05, 3.63) is 76.3 Å². The maximum absolute atomic E-state index is 13.8. The zero-order chi connectivity index (χ0) is 32.5. The van der Waals surface area contributed by atoms with E-state index in [1.807, 2.05) is 51.1 Å². The first-order valence-corrected chi connectivity index (χ1v) is 14.9. The van der Waals surface area contributed by atoms with Crippen molar-refractivity contribution in [3.63, 3.8) is 0 Å². The molecular weight excluding hydrogens is 593 g/mol. The van der Waals surface area contributed by atoms with Gasteiger partial charge in [-0.2, -0.15) is 0 Å². The van der Waals surface area contributed by atoms with Crippen LogP contribution in [-0.4, -0.2) is 58.8 Å². The van der Waals surface area contributed by atoms with Crippen molar-refractivity contribution < 1.29 is 29.3 Å². The first kappa shape index (κ1) is 36.1. The number of phenolic OH excluding ortho intramolecular Hbond substituents is 1. The quantitative estimate of drug-likeness (QED) is 0.141. The van der Waals surface area contributed by atoms with Gasteiger partial charge in [-0.3, -0.25) is 9.59 Å². The molecule has 236 valence electrons. The van der Waals surface area contributed by atoms with E-state index in [9.17, 15) is 24.6 Å². The van der Waals surface area contributed by atoms with E-state index in [0.29, 0.717) is 12.0 Å². The smallest absolute Gasteiger partial charge is 0.332 e. The number of ether oxygens (including phenoxy) is 1. The fourth-order valence-electron chi connectivity index (χ4n) is 4.56. The number of likely N-dealkylation sites (N-methyl/N-ethyl adjacent to an activating group) is 1. The lowest BCUT2D eigenvalue weighted by atomic mass is 9.95. The van der Waals surface area contributed by atoms with Crippen LogP contribution in [0.15, 0.2) is 55.1 Å². The van der Waals surface area contributed by atoms with E-state index in [1.165, 1.54) is 26.0 Å². The van der Waals surface area contributed by atoms with Gasteiger partial charge in [0.05, 0.1) is 21.7 Å². The van der Waals surface area contributed by atoms with Gasteiger partial charge in [-0.1, -0.05) is 86.8 Å². The summed E-state index contributed by atoms with van der Waals surface area (Å²) in [7, 11) is 1.65. The number of nitrogens with one attached hydrogen (secondary N) is 3. The largest absolute Gasteiger partial charge is 0.505 e. The molecule has 9 nitrogen and oxygen atoms in total. The van der Waals surface area contributed by atoms with Crippen molar-refractivity contribution in [2.24, 2.45) is 11.8 Å². The van der Waals surface area contributed by atoms with Crippen LogP contribution in [0, 0.1) is 11.8 Å². The van der Waals surface area contributed by atoms with Gasteiger partial charge in [0.25, 0.3) is 0 Å². The van der Waals surface area contributed by atoms with E-state index in [0.717, 1.165) is 5.56 Å². The average Bonchev–Trinajstić information content (AvgIpc) is 2.96. The lowest BCUT2D eigenvalue weighted by Crippen LogP contribution is -2.60. The molecule has 2 aromatic rings. The fourth-order valence-corrected chi connectivity index (χ4v) is 5.09. The maximum atomic E-state index is 13.8. The molecule has 2 aromatic carbocycles. The normalized spacial score (nSPS) is 15.7. The van der Waals surface area contributed by atoms with Gasteiger partial charge in [-0.25, -0.2) is 4.79 Å². The van der Waals surface area contributed by atoms with Crippen LogP contribution >= 0.6 is 23.2 Å². The Morgan fingerprint density at radius 3 is 2.12 bits per heavy atom. The minimum atomic E-state index is -1.74. The van der Waals surface area contributed by atoms with Gasteiger partial charge < -0.3 is 30.9 Å². The highest BCUT2D eigenvalue weighted by atomic mass is 35.5. The highest BCUT2D eigenvalue weighted by Crippen LogP contribution is 2.33. The van der Waals surface area contributed by atoms with E-state index in [4.69, 9.17) is 27.9 Å². The molecule has 0 fully saturated rings. The highest BCUT2D eigenvalue weighted by Gasteiger charge is 2.40. The molecule has 6 atom stereocenters. The van der Waals surface area contributed by atoms with E-state index >= 15 is 0 Å². The second-order valence-corrected chi connectivity index (χ2v) is 12.1. The highest BCUT2D eigenvalue weighted by molar-refractivity contribution is 6.37. The third kappa shape index (κ3) is 9.96. The molecule has 0 radical (unpaired) electrons. The predicted molar refractivity (Wildman–Crippen MR) is 169 cm³/mol. The van der Waals surface area contributed by atoms with Crippen molar-refractivity contribution in [1.29, 1.82) is 0 Å². The second kappa shape index (κ2) is 16.1. The molecule has 2 amide bonds. The van der Waals surface area contributed by atoms with Crippen LogP contribution in [0.4, 0.5) is 0 Å². The summed E-state index contributed by atoms with van der Waals surface area (Å²) < 4.78 is 5.86. The molecule has 0 aliphatic carbocycles. The lowest BCUT2D eigenvalue weighted by Gasteiger charge is -2.33. The van der Waals surface area contributed by atoms with Crippen LogP contribution in [0.1, 0.15) is 58.3 Å². The standard InChI is InChI=1S/C32H43Cl2N3O6/c1-8-18(3)25(35-7)30(40)36-24(17-20-15-22(33)26(38)23(34)16-20)29(39)37-28(32(5,6)42)31(41)43-27(19(4)9-2)21-13-11-10-12-14-21/h9-16,18-19,24-25,27-28,35,38,42H,2,8,17H2,1,3-7H3,(H,36,40)(H,37,39)/t18-,19+,24+,25-,27-,28+/m0/s1. The van der Waals surface area contributed by atoms with E-state index in [-0.39, 0.29) is 34.1 Å². The number of hydrogen-bond donors (Lipinski definition) is 5. The molecule has 0 aromatic heterocycles. The van der Waals surface area contributed by atoms with Crippen LogP contribution in [0.5, 0.6) is 5.75 Å². The molecule has 0 saturated heterocycles. The molecule has 0 aliphatic heterocycles. The molecule has 0 heterocycles. The topological polar surface area (TPSA) is 137 Å². The third-order valence-corrected chi connectivity index (χ3v) is 7.98. The summed E-state index contributed by atoms with van der Waals surface area (Å²) in [6.45, 7) is 12.3. The summed E-state index contributed by atoms with van der Waals surface area (Å²) in [5, 5.41) is 29.2. The molecule has 2 rings (SSSR count). The molecule has 0 saturated carbocycles. The summed E-state index contributed by atoms with van der Waals surface area (Å²) >= 11 is 12.2. The van der Waals surface area contributed by atoms with Crippen molar-refractivity contribution >= 4 is 41.0 Å². The Labute approximate surface area is 264 Å². The van der Waals surface area contributed by atoms with Crippen molar-refractivity contribution in [2.75, 3.05) is 7.05 Å². The van der Waals surface area contributed by atoms with E-state index in [2.05, 4.69) is 22.5 Å². The summed E-state index contributed by atoms with van der Waals surface area (Å²) in [6, 6.07) is 8.64. The second-order valence-electron chi connectivity index (χ2n) is 11.3. The van der Waals surface area contributed by atoms with E-state index in [1.54, 1.807) is 13.1 Å². The van der Waals surface area contributed by atoms with Gasteiger partial charge in [-0.05, 0) is 50.1 Å². The Balaban J connectivity index is 2.43. The third-order valence-electron chi connectivity index (χ3n) is 7.41. The maximum Gasteiger partial charge on any atom is 0.332 e. The Bertz CT molecular complexity index is 1240. The van der Waals surface area contributed by atoms with Gasteiger partial charge in [0, 0.05) is 12.3 Å². The summed E-state index contributed by atoms with van der Waals surface area (Å²) in [4.78, 5) is 40.6. The Morgan fingerprint density at radius 1 is 1.05 bits per heavy atom. The fraction of sp³-hybridized carbons (Fsp3) is 0.469. The number of aliphatic hydroxyl groups is 1. The van der Waals surface area contributed by atoms with Gasteiger partial charge in [0.2, 0.25) is 11.8 Å². The number of benzene rings is 2. The van der Waals surface area contributed by atoms with Gasteiger partial charge in [0.1, 0.15) is 12.1 Å². The number of rotatable bonds is 15. The van der Waals surface area contributed by atoms with Gasteiger partial charge in [0.15, 0.2) is 11.8 Å². The SMILES string of the molecule is C=C[C@@H](C)[C@H](OC(=O)[C@@H](NC(=O)[C@@H](Cc1cc(Cl)c(O)c(Cl)c1)NC(=O)[C@@H](NC)[C@@H](C)CC)C(C)(C)O)c1ccccc1. The van der Waals surface area contributed by atoms with Crippen molar-refractivity contribution in [2.45, 2.75) is 77.3 Å². The number of aromatic hydroxyl groups is 1. The number of esters is 1. The predicted octanol–water partition coefficient (Wildman–Crippen LogP) is 4.72. The number of phenols is 1.